The van der Waals surface area contributed by atoms with E-state index >= 15 is 0 Å². The molecule has 1 rings (SSSR count). The number of ether oxygens (including phenoxy) is 1. The third-order valence-electron chi connectivity index (χ3n) is 8.17. The number of carbonyl (C=O) groups is 1. The first-order valence-corrected chi connectivity index (χ1v) is 16.5. The Bertz CT molecular complexity index is 1020. The van der Waals surface area contributed by atoms with Crippen molar-refractivity contribution in [3.05, 3.63) is 60.3 Å². The van der Waals surface area contributed by atoms with Crippen LogP contribution in [0.1, 0.15) is 78.6 Å². The lowest BCUT2D eigenvalue weighted by molar-refractivity contribution is -0.168. The number of rotatable bonds is 5. The van der Waals surface area contributed by atoms with Crippen molar-refractivity contribution < 1.29 is 60.6 Å². The van der Waals surface area contributed by atoms with Crippen LogP contribution in [0, 0.1) is 5.92 Å². The second kappa shape index (κ2) is 23.2. The van der Waals surface area contributed by atoms with Crippen LogP contribution in [-0.4, -0.2) is 124 Å². The van der Waals surface area contributed by atoms with Crippen LogP contribution in [0.25, 0.3) is 0 Å². The quantitative estimate of drug-likeness (QED) is 0.145. The number of allylic oxidation sites excluding steroid dienone is 8. The molecule has 12 atom stereocenters. The van der Waals surface area contributed by atoms with E-state index in [-0.39, 0.29) is 32.1 Å². The van der Waals surface area contributed by atoms with Crippen molar-refractivity contribution in [1.29, 1.82) is 0 Å². The molecule has 0 radical (unpaired) electrons. The molecule has 0 bridgehead atoms. The number of hydrogen-bond acceptors (Lipinski definition) is 12. The minimum Gasteiger partial charge on any atom is -0.459 e. The molecule has 12 unspecified atom stereocenters. The van der Waals surface area contributed by atoms with Gasteiger partial charge in [-0.1, -0.05) is 80.9 Å². The summed E-state index contributed by atoms with van der Waals surface area (Å²) in [5.41, 5.74) is 0.357. The summed E-state index contributed by atoms with van der Waals surface area (Å²) in [6.45, 7) is 5.00. The maximum Gasteiger partial charge on any atom is 0.314 e. The Morgan fingerprint density at radius 1 is 0.723 bits per heavy atom. The third kappa shape index (κ3) is 17.1. The average Bonchev–Trinajstić information content (AvgIpc) is 2.98. The van der Waals surface area contributed by atoms with Crippen molar-refractivity contribution in [2.24, 2.45) is 5.92 Å². The van der Waals surface area contributed by atoms with Gasteiger partial charge in [-0.25, -0.2) is 0 Å². The Hall–Kier alpha value is -2.23. The summed E-state index contributed by atoms with van der Waals surface area (Å²) in [5, 5.41) is 105. The number of aliphatic hydroxyl groups excluding tert-OH is 10. The van der Waals surface area contributed by atoms with Gasteiger partial charge in [0, 0.05) is 12.8 Å². The molecule has 0 aromatic heterocycles. The summed E-state index contributed by atoms with van der Waals surface area (Å²) in [5.74, 6) is -2.37. The molecule has 0 saturated carbocycles. The van der Waals surface area contributed by atoms with Crippen LogP contribution in [0.2, 0.25) is 0 Å². The fourth-order valence-corrected chi connectivity index (χ4v) is 5.30. The monoisotopic (exact) mass is 670 g/mol. The zero-order valence-corrected chi connectivity index (χ0v) is 27.8. The minimum absolute atomic E-state index is 0.197. The zero-order valence-electron chi connectivity index (χ0n) is 27.8. The van der Waals surface area contributed by atoms with Crippen molar-refractivity contribution >= 4 is 5.97 Å². The van der Waals surface area contributed by atoms with Crippen molar-refractivity contribution in [2.75, 3.05) is 0 Å². The van der Waals surface area contributed by atoms with Crippen LogP contribution in [0.5, 0.6) is 0 Å². The summed E-state index contributed by atoms with van der Waals surface area (Å²) in [6.07, 6.45) is 0.559. The van der Waals surface area contributed by atoms with E-state index in [0.29, 0.717) is 12.0 Å². The van der Waals surface area contributed by atoms with E-state index in [1.54, 1.807) is 55.5 Å². The number of carbonyl (C=O) groups excluding carboxylic acids is 1. The summed E-state index contributed by atoms with van der Waals surface area (Å²) in [4.78, 5) is 13.1. The molecule has 1 aliphatic rings. The van der Waals surface area contributed by atoms with E-state index in [4.69, 9.17) is 4.74 Å². The average molecular weight is 671 g/mol. The lowest BCUT2D eigenvalue weighted by Crippen LogP contribution is -2.43. The number of esters is 1. The Balaban J connectivity index is 3.19. The van der Waals surface area contributed by atoms with Gasteiger partial charge in [0.1, 0.15) is 30.3 Å². The van der Waals surface area contributed by atoms with Crippen LogP contribution < -0.4 is 0 Å². The molecule has 0 spiro atoms. The molecule has 10 N–H and O–H groups in total. The van der Waals surface area contributed by atoms with Crippen molar-refractivity contribution in [2.45, 2.75) is 146 Å². The lowest BCUT2D eigenvalue weighted by Gasteiger charge is -2.30. The Morgan fingerprint density at radius 3 is 1.77 bits per heavy atom. The molecular formula is C35H58O12. The standard InChI is InChI=1S/C35H58O12/c1-4-5-11-16-29(41)32-30(42)20-26(38)18-24(36)17-25(37)19-27(39)21-31(43)34(45)33(44)22(2)14-12-9-7-6-8-10-13-15-28(40)23(3)47-35(32)46/h6-10,12-15,23-34,36-45H,4-5,11,16-21H2,1-3H3/b7-6?,10-8-,12-9?,15-13?,22-14-. The van der Waals surface area contributed by atoms with Crippen LogP contribution in [0.4, 0.5) is 0 Å². The number of unbranched alkanes of at least 4 members (excludes halogenated alkanes) is 2. The van der Waals surface area contributed by atoms with Crippen LogP contribution in [0.15, 0.2) is 60.3 Å². The highest BCUT2D eigenvalue weighted by Gasteiger charge is 2.37. The summed E-state index contributed by atoms with van der Waals surface area (Å²) in [6, 6.07) is 0. The Labute approximate surface area is 278 Å². The zero-order chi connectivity index (χ0) is 35.5. The third-order valence-corrected chi connectivity index (χ3v) is 8.17. The van der Waals surface area contributed by atoms with Gasteiger partial charge in [0.15, 0.2) is 0 Å². The lowest BCUT2D eigenvalue weighted by atomic mass is 9.87. The highest BCUT2D eigenvalue weighted by molar-refractivity contribution is 5.74. The number of cyclic esters (lactones) is 1. The number of aliphatic hydroxyl groups is 10. The van der Waals surface area contributed by atoms with Crippen LogP contribution >= 0.6 is 0 Å². The number of hydrogen-bond donors (Lipinski definition) is 10. The van der Waals surface area contributed by atoms with Gasteiger partial charge in [-0.3, -0.25) is 4.79 Å². The summed E-state index contributed by atoms with van der Waals surface area (Å²) in [7, 11) is 0. The topological polar surface area (TPSA) is 229 Å². The predicted molar refractivity (Wildman–Crippen MR) is 177 cm³/mol. The molecule has 0 saturated heterocycles. The molecule has 0 fully saturated rings. The maximum atomic E-state index is 13.1. The van der Waals surface area contributed by atoms with E-state index in [0.717, 1.165) is 12.8 Å². The van der Waals surface area contributed by atoms with E-state index in [2.05, 4.69) is 0 Å². The summed E-state index contributed by atoms with van der Waals surface area (Å²) >= 11 is 0. The van der Waals surface area contributed by atoms with Crippen molar-refractivity contribution in [3.63, 3.8) is 0 Å². The molecule has 0 amide bonds. The van der Waals surface area contributed by atoms with Crippen LogP contribution in [0.3, 0.4) is 0 Å². The molecule has 0 aliphatic carbocycles. The van der Waals surface area contributed by atoms with E-state index in [9.17, 15) is 55.9 Å². The van der Waals surface area contributed by atoms with E-state index in [1.165, 1.54) is 13.0 Å². The van der Waals surface area contributed by atoms with Gasteiger partial charge in [0.2, 0.25) is 0 Å². The maximum absolute atomic E-state index is 13.1. The molecule has 1 aliphatic heterocycles. The predicted octanol–water partition coefficient (Wildman–Crippen LogP) is 0.859. The first kappa shape index (κ1) is 42.8. The second-order valence-corrected chi connectivity index (χ2v) is 12.5. The van der Waals surface area contributed by atoms with E-state index in [1.807, 2.05) is 6.92 Å². The van der Waals surface area contributed by atoms with Crippen LogP contribution in [-0.2, 0) is 9.53 Å². The second-order valence-electron chi connectivity index (χ2n) is 12.5. The highest BCUT2D eigenvalue weighted by Crippen LogP contribution is 2.24. The van der Waals surface area contributed by atoms with Gasteiger partial charge < -0.3 is 55.8 Å². The Kier molecular flexibility index (Phi) is 21.1. The Morgan fingerprint density at radius 2 is 1.21 bits per heavy atom. The van der Waals surface area contributed by atoms with Gasteiger partial charge in [0.25, 0.3) is 0 Å². The van der Waals surface area contributed by atoms with Gasteiger partial charge >= 0.3 is 5.97 Å². The largest absolute Gasteiger partial charge is 0.459 e. The fourth-order valence-electron chi connectivity index (χ4n) is 5.30. The molecule has 0 aromatic carbocycles. The first-order chi connectivity index (χ1) is 22.2. The molecule has 12 nitrogen and oxygen atoms in total. The van der Waals surface area contributed by atoms with Gasteiger partial charge in [-0.2, -0.15) is 0 Å². The van der Waals surface area contributed by atoms with Gasteiger partial charge in [-0.05, 0) is 45.1 Å². The molecular weight excluding hydrogens is 612 g/mol. The van der Waals surface area contributed by atoms with Crippen molar-refractivity contribution in [3.8, 4) is 0 Å². The molecule has 12 heteroatoms. The molecule has 270 valence electrons. The molecule has 47 heavy (non-hydrogen) atoms. The fraction of sp³-hybridized carbons (Fsp3) is 0.686. The van der Waals surface area contributed by atoms with Crippen molar-refractivity contribution in [1.82, 2.24) is 0 Å². The smallest absolute Gasteiger partial charge is 0.314 e. The molecule has 1 heterocycles. The summed E-state index contributed by atoms with van der Waals surface area (Å²) < 4.78 is 5.41. The SMILES string of the molecule is CCCCCC(O)C1C(=O)OC(C)C(O)C=C/C=C\C=CC=C/C=C(/C)C(O)C(O)C(O)CC(O)CC(O)CC(O)CC(O)CC1O. The van der Waals surface area contributed by atoms with Gasteiger partial charge in [-0.15, -0.1) is 0 Å². The van der Waals surface area contributed by atoms with E-state index < -0.39 is 85.5 Å². The highest BCUT2D eigenvalue weighted by atomic mass is 16.6. The molecule has 0 aromatic rings. The normalized spacial score (nSPS) is 37.6. The minimum atomic E-state index is -1.61. The van der Waals surface area contributed by atoms with Gasteiger partial charge in [0.05, 0.1) is 42.7 Å². The first-order valence-electron chi connectivity index (χ1n) is 16.5.